The first kappa shape index (κ1) is 22.4. The van der Waals surface area contributed by atoms with Crippen molar-refractivity contribution in [1.82, 2.24) is 9.80 Å². The van der Waals surface area contributed by atoms with Crippen LogP contribution in [0.1, 0.15) is 56.7 Å². The molecule has 0 radical (unpaired) electrons. The molecular formula is C25H38N4O. The van der Waals surface area contributed by atoms with Crippen molar-refractivity contribution in [3.8, 4) is 0 Å². The highest BCUT2D eigenvalue weighted by molar-refractivity contribution is 5.99. The molecule has 3 rings (SSSR count). The molecule has 30 heavy (non-hydrogen) atoms. The van der Waals surface area contributed by atoms with Crippen LogP contribution in [0.4, 0.5) is 5.69 Å². The van der Waals surface area contributed by atoms with Gasteiger partial charge in [-0.1, -0.05) is 37.6 Å². The molecule has 0 saturated heterocycles. The summed E-state index contributed by atoms with van der Waals surface area (Å²) in [5.41, 5.74) is 6.95. The van der Waals surface area contributed by atoms with Gasteiger partial charge in [-0.15, -0.1) is 0 Å². The lowest BCUT2D eigenvalue weighted by molar-refractivity contribution is 0.255. The lowest BCUT2D eigenvalue weighted by atomic mass is 9.88. The zero-order valence-corrected chi connectivity index (χ0v) is 19.5. The second-order valence-electron chi connectivity index (χ2n) is 8.81. The molecular weight excluding hydrogens is 372 g/mol. The van der Waals surface area contributed by atoms with Gasteiger partial charge in [0, 0.05) is 25.3 Å². The third-order valence-electron chi connectivity index (χ3n) is 5.99. The van der Waals surface area contributed by atoms with Crippen LogP contribution in [0.15, 0.2) is 40.7 Å². The van der Waals surface area contributed by atoms with Gasteiger partial charge in [-0.05, 0) is 64.2 Å². The minimum absolute atomic E-state index is 0.0880. The summed E-state index contributed by atoms with van der Waals surface area (Å²) in [7, 11) is 0. The number of hydrogen-bond acceptors (Lipinski definition) is 5. The fraction of sp³-hybridized carbons (Fsp3) is 0.560. The van der Waals surface area contributed by atoms with E-state index in [9.17, 15) is 5.11 Å². The zero-order valence-electron chi connectivity index (χ0n) is 19.5. The van der Waals surface area contributed by atoms with Crippen molar-refractivity contribution in [2.75, 3.05) is 31.6 Å². The third kappa shape index (κ3) is 4.27. The normalized spacial score (nSPS) is 20.5. The molecule has 1 unspecified atom stereocenters. The quantitative estimate of drug-likeness (QED) is 0.650. The van der Waals surface area contributed by atoms with E-state index in [-0.39, 0.29) is 12.1 Å². The van der Waals surface area contributed by atoms with Gasteiger partial charge in [-0.3, -0.25) is 0 Å². The summed E-state index contributed by atoms with van der Waals surface area (Å²) in [6, 6.07) is 4.40. The van der Waals surface area contributed by atoms with E-state index in [0.29, 0.717) is 6.54 Å². The fourth-order valence-electron chi connectivity index (χ4n) is 4.83. The molecule has 0 aromatic heterocycles. The minimum Gasteiger partial charge on any atom is -0.395 e. The Labute approximate surface area is 182 Å². The molecule has 1 aromatic carbocycles. The maximum absolute atomic E-state index is 9.88. The van der Waals surface area contributed by atoms with Crippen molar-refractivity contribution in [3.63, 3.8) is 0 Å². The first-order valence-electron chi connectivity index (χ1n) is 11.3. The Morgan fingerprint density at radius 2 is 1.77 bits per heavy atom. The predicted molar refractivity (Wildman–Crippen MR) is 127 cm³/mol. The van der Waals surface area contributed by atoms with Crippen LogP contribution >= 0.6 is 0 Å². The van der Waals surface area contributed by atoms with Crippen LogP contribution in [0, 0.1) is 20.8 Å². The molecule has 2 aliphatic rings. The second kappa shape index (κ2) is 9.25. The molecule has 0 amide bonds. The highest BCUT2D eigenvalue weighted by Gasteiger charge is 2.44. The molecule has 1 aromatic rings. The van der Waals surface area contributed by atoms with Crippen LogP contribution in [-0.4, -0.2) is 52.6 Å². The highest BCUT2D eigenvalue weighted by atomic mass is 16.3. The molecule has 0 bridgehead atoms. The Morgan fingerprint density at radius 3 is 2.33 bits per heavy atom. The van der Waals surface area contributed by atoms with E-state index in [1.807, 2.05) is 0 Å². The molecule has 164 valence electrons. The first-order valence-corrected chi connectivity index (χ1v) is 11.3. The molecule has 0 spiro atoms. The van der Waals surface area contributed by atoms with E-state index in [2.05, 4.69) is 80.9 Å². The molecule has 1 aliphatic carbocycles. The second-order valence-corrected chi connectivity index (χ2v) is 8.81. The van der Waals surface area contributed by atoms with Gasteiger partial charge in [-0.25, -0.2) is 4.99 Å². The van der Waals surface area contributed by atoms with Crippen LogP contribution in [0.25, 0.3) is 0 Å². The van der Waals surface area contributed by atoms with E-state index >= 15 is 0 Å². The van der Waals surface area contributed by atoms with Crippen molar-refractivity contribution in [3.05, 3.63) is 52.4 Å². The Balaban J connectivity index is 2.05. The van der Waals surface area contributed by atoms with Crippen LogP contribution in [-0.2, 0) is 0 Å². The number of benzene rings is 1. The monoisotopic (exact) mass is 410 g/mol. The topological polar surface area (TPSA) is 51.1 Å². The van der Waals surface area contributed by atoms with Gasteiger partial charge in [0.05, 0.1) is 18.0 Å². The smallest absolute Gasteiger partial charge is 0.203 e. The number of fused-ring (bicyclic) bond motifs is 1. The Bertz CT molecular complexity index is 841. The maximum atomic E-state index is 9.88. The molecule has 5 heteroatoms. The van der Waals surface area contributed by atoms with Crippen LogP contribution in [0.5, 0.6) is 0 Å². The molecule has 1 atom stereocenters. The Kier molecular flexibility index (Phi) is 6.91. The number of guanidine groups is 1. The molecule has 1 aliphatic heterocycles. The molecule has 1 heterocycles. The van der Waals surface area contributed by atoms with Gasteiger partial charge in [-0.2, -0.15) is 0 Å². The van der Waals surface area contributed by atoms with E-state index in [1.54, 1.807) is 0 Å². The van der Waals surface area contributed by atoms with E-state index < -0.39 is 0 Å². The standard InChI is InChI=1S/C25H38N4O/c1-7-12-28(13-8-2)21-10-9-11-25(6)23(21)29(14-15-30)24(27-25)26-22-19(4)16-18(3)17-20(22)5/h9-10,16-17,30H,7-8,11-15H2,1-6H3,(H,26,27). The SMILES string of the molecule is CCCN(CCC)C1=C2N(CCO)C(Nc3c(C)cc(C)cc3C)=NC2(C)CC=C1. The number of allylic oxidation sites excluding steroid dienone is 1. The Morgan fingerprint density at radius 1 is 1.13 bits per heavy atom. The number of aliphatic imine (C=N–C) groups is 1. The van der Waals surface area contributed by atoms with Crippen molar-refractivity contribution >= 4 is 11.6 Å². The average molecular weight is 411 g/mol. The maximum Gasteiger partial charge on any atom is 0.203 e. The summed E-state index contributed by atoms with van der Waals surface area (Å²) >= 11 is 0. The van der Waals surface area contributed by atoms with Gasteiger partial charge >= 0.3 is 0 Å². The van der Waals surface area contributed by atoms with Crippen LogP contribution in [0.3, 0.4) is 0 Å². The number of nitrogens with zero attached hydrogens (tertiary/aromatic N) is 3. The van der Waals surface area contributed by atoms with Crippen molar-refractivity contribution in [2.24, 2.45) is 4.99 Å². The summed E-state index contributed by atoms with van der Waals surface area (Å²) in [6.45, 7) is 15.8. The van der Waals surface area contributed by atoms with E-state index in [1.165, 1.54) is 28.1 Å². The first-order chi connectivity index (χ1) is 14.3. The number of aliphatic hydroxyl groups excluding tert-OH is 1. The molecule has 2 N–H and O–H groups in total. The summed E-state index contributed by atoms with van der Waals surface area (Å²) in [6.07, 6.45) is 7.59. The number of β-amino-alcohol motifs (C(OH)–C–C–N with tert-alkyl or cyclic N) is 1. The van der Waals surface area contributed by atoms with Crippen LogP contribution in [0.2, 0.25) is 0 Å². The number of nitrogens with one attached hydrogen (secondary N) is 1. The predicted octanol–water partition coefficient (Wildman–Crippen LogP) is 4.74. The molecule has 0 saturated carbocycles. The average Bonchev–Trinajstić information content (AvgIpc) is 2.96. The molecule has 5 nitrogen and oxygen atoms in total. The minimum atomic E-state index is -0.312. The number of aliphatic hydroxyl groups is 1. The van der Waals surface area contributed by atoms with Crippen molar-refractivity contribution in [2.45, 2.75) is 66.3 Å². The zero-order chi connectivity index (χ0) is 21.9. The lowest BCUT2D eigenvalue weighted by Crippen LogP contribution is -2.41. The number of hydrogen-bond donors (Lipinski definition) is 2. The van der Waals surface area contributed by atoms with Crippen molar-refractivity contribution < 1.29 is 5.11 Å². The third-order valence-corrected chi connectivity index (χ3v) is 5.99. The number of anilines is 1. The van der Waals surface area contributed by atoms with Gasteiger partial charge in [0.2, 0.25) is 5.96 Å². The summed E-state index contributed by atoms with van der Waals surface area (Å²) < 4.78 is 0. The fourth-order valence-corrected chi connectivity index (χ4v) is 4.83. The molecule has 0 fully saturated rings. The summed E-state index contributed by atoms with van der Waals surface area (Å²) in [4.78, 5) is 9.86. The van der Waals surface area contributed by atoms with E-state index in [0.717, 1.165) is 44.0 Å². The van der Waals surface area contributed by atoms with Crippen molar-refractivity contribution in [1.29, 1.82) is 0 Å². The van der Waals surface area contributed by atoms with Gasteiger partial charge in [0.25, 0.3) is 0 Å². The van der Waals surface area contributed by atoms with Crippen LogP contribution < -0.4 is 5.32 Å². The van der Waals surface area contributed by atoms with E-state index in [4.69, 9.17) is 4.99 Å². The number of rotatable bonds is 8. The van der Waals surface area contributed by atoms with Gasteiger partial charge in [0.1, 0.15) is 5.54 Å². The summed E-state index contributed by atoms with van der Waals surface area (Å²) in [5.74, 6) is 0.839. The van der Waals surface area contributed by atoms with Gasteiger partial charge < -0.3 is 20.2 Å². The summed E-state index contributed by atoms with van der Waals surface area (Å²) in [5, 5.41) is 13.5. The highest BCUT2D eigenvalue weighted by Crippen LogP contribution is 2.41. The Hall–Kier alpha value is -2.27. The lowest BCUT2D eigenvalue weighted by Gasteiger charge is -2.37. The van der Waals surface area contributed by atoms with Gasteiger partial charge in [0.15, 0.2) is 0 Å². The number of aryl methyl sites for hydroxylation is 3. The largest absolute Gasteiger partial charge is 0.395 e.